The molecule has 0 atom stereocenters. The number of hydrogen-bond acceptors (Lipinski definition) is 3. The molecule has 0 radical (unpaired) electrons. The number of nitrogens with zero attached hydrogens (tertiary/aromatic N) is 2. The highest BCUT2D eigenvalue weighted by Gasteiger charge is 2.13. The van der Waals surface area contributed by atoms with Gasteiger partial charge in [0.2, 0.25) is 0 Å². The third-order valence-corrected chi connectivity index (χ3v) is 4.11. The lowest BCUT2D eigenvalue weighted by Gasteiger charge is -2.12. The van der Waals surface area contributed by atoms with Crippen LogP contribution in [0.2, 0.25) is 0 Å². The van der Waals surface area contributed by atoms with Crippen LogP contribution in [-0.4, -0.2) is 9.97 Å². The number of nitrogens with two attached hydrogens (primary N) is 1. The first-order valence-corrected chi connectivity index (χ1v) is 7.44. The molecule has 0 aliphatic carbocycles. The lowest BCUT2D eigenvalue weighted by atomic mass is 10.1. The smallest absolute Gasteiger partial charge is 0.162 e. The molecule has 0 aliphatic heterocycles. The second kappa shape index (κ2) is 5.86. The summed E-state index contributed by atoms with van der Waals surface area (Å²) in [6.07, 6.45) is 0.921. The zero-order valence-corrected chi connectivity index (χ0v) is 13.6. The van der Waals surface area contributed by atoms with Crippen molar-refractivity contribution >= 4 is 28.4 Å². The fourth-order valence-corrected chi connectivity index (χ4v) is 2.44. The van der Waals surface area contributed by atoms with Gasteiger partial charge in [0.15, 0.2) is 5.82 Å². The first-order chi connectivity index (χ1) is 8.99. The molecule has 0 saturated heterocycles. The van der Waals surface area contributed by atoms with Crippen LogP contribution in [0.3, 0.4) is 0 Å². The van der Waals surface area contributed by atoms with Gasteiger partial charge < -0.3 is 5.73 Å². The summed E-state index contributed by atoms with van der Waals surface area (Å²) in [5.41, 5.74) is 9.29. The molecular formula is C15H18IN3. The minimum atomic E-state index is 0.549. The summed E-state index contributed by atoms with van der Waals surface area (Å²) >= 11 is 2.23. The Hall–Kier alpha value is -1.17. The number of hydrogen-bond donors (Lipinski definition) is 1. The van der Waals surface area contributed by atoms with E-state index in [9.17, 15) is 0 Å². The van der Waals surface area contributed by atoms with Crippen molar-refractivity contribution in [2.24, 2.45) is 5.92 Å². The number of aromatic nitrogens is 2. The van der Waals surface area contributed by atoms with E-state index in [0.717, 1.165) is 27.1 Å². The highest BCUT2D eigenvalue weighted by Crippen LogP contribution is 2.25. The number of benzene rings is 1. The van der Waals surface area contributed by atoms with E-state index in [1.54, 1.807) is 0 Å². The second-order valence-electron chi connectivity index (χ2n) is 5.11. The Morgan fingerprint density at radius 1 is 1.21 bits per heavy atom. The molecule has 0 fully saturated rings. The summed E-state index contributed by atoms with van der Waals surface area (Å²) in [5, 5.41) is 0. The van der Waals surface area contributed by atoms with Crippen molar-refractivity contribution in [3.63, 3.8) is 0 Å². The van der Waals surface area contributed by atoms with Crippen molar-refractivity contribution in [2.75, 3.05) is 5.73 Å². The lowest BCUT2D eigenvalue weighted by molar-refractivity contribution is 0.632. The Morgan fingerprint density at radius 3 is 2.53 bits per heavy atom. The molecule has 2 rings (SSSR count). The standard InChI is InChI=1S/C15H18IN3/c1-9(2)8-12-13(16)14(17)19-15(18-12)11-7-5-4-6-10(11)3/h4-7,9H,8H2,1-3H3,(H2,17,18,19). The van der Waals surface area contributed by atoms with Gasteiger partial charge in [0.05, 0.1) is 9.26 Å². The summed E-state index contributed by atoms with van der Waals surface area (Å²) in [6, 6.07) is 8.12. The summed E-state index contributed by atoms with van der Waals surface area (Å²) in [5.74, 6) is 1.85. The van der Waals surface area contributed by atoms with Gasteiger partial charge in [0.25, 0.3) is 0 Å². The molecule has 1 heterocycles. The van der Waals surface area contributed by atoms with Gasteiger partial charge >= 0.3 is 0 Å². The van der Waals surface area contributed by atoms with E-state index in [1.807, 2.05) is 18.2 Å². The third kappa shape index (κ3) is 3.23. The molecule has 2 aromatic rings. The minimum absolute atomic E-state index is 0.549. The summed E-state index contributed by atoms with van der Waals surface area (Å²) in [7, 11) is 0. The van der Waals surface area contributed by atoms with E-state index >= 15 is 0 Å². The first-order valence-electron chi connectivity index (χ1n) is 6.37. The number of halogens is 1. The van der Waals surface area contributed by atoms with E-state index in [-0.39, 0.29) is 0 Å². The summed E-state index contributed by atoms with van der Waals surface area (Å²) in [6.45, 7) is 6.43. The zero-order valence-electron chi connectivity index (χ0n) is 11.4. The van der Waals surface area contributed by atoms with Gasteiger partial charge in [0.1, 0.15) is 5.82 Å². The Bertz CT molecular complexity index is 594. The van der Waals surface area contributed by atoms with Crippen molar-refractivity contribution in [2.45, 2.75) is 27.2 Å². The van der Waals surface area contributed by atoms with Crippen LogP contribution >= 0.6 is 22.6 Å². The van der Waals surface area contributed by atoms with Crippen LogP contribution in [0, 0.1) is 16.4 Å². The van der Waals surface area contributed by atoms with E-state index in [4.69, 9.17) is 10.7 Å². The Morgan fingerprint density at radius 2 is 1.89 bits per heavy atom. The van der Waals surface area contributed by atoms with Crippen molar-refractivity contribution in [3.8, 4) is 11.4 Å². The normalized spacial score (nSPS) is 11.0. The Kier molecular flexibility index (Phi) is 4.39. The predicted molar refractivity (Wildman–Crippen MR) is 87.9 cm³/mol. The fourth-order valence-electron chi connectivity index (χ4n) is 1.98. The SMILES string of the molecule is Cc1ccccc1-c1nc(N)c(I)c(CC(C)C)n1. The van der Waals surface area contributed by atoms with Gasteiger partial charge in [-0.15, -0.1) is 0 Å². The van der Waals surface area contributed by atoms with Gasteiger partial charge in [-0.25, -0.2) is 9.97 Å². The highest BCUT2D eigenvalue weighted by molar-refractivity contribution is 14.1. The first kappa shape index (κ1) is 14.2. The van der Waals surface area contributed by atoms with Crippen LogP contribution in [0.15, 0.2) is 24.3 Å². The van der Waals surface area contributed by atoms with Gasteiger partial charge in [0, 0.05) is 5.56 Å². The van der Waals surface area contributed by atoms with Crippen molar-refractivity contribution in [1.82, 2.24) is 9.97 Å². The Labute approximate surface area is 127 Å². The number of nitrogen functional groups attached to an aromatic ring is 1. The number of anilines is 1. The lowest BCUT2D eigenvalue weighted by Crippen LogP contribution is -2.08. The highest BCUT2D eigenvalue weighted by atomic mass is 127. The molecule has 19 heavy (non-hydrogen) atoms. The van der Waals surface area contributed by atoms with Crippen LogP contribution in [0.1, 0.15) is 25.1 Å². The van der Waals surface area contributed by atoms with Gasteiger partial charge in [-0.2, -0.15) is 0 Å². The molecule has 1 aromatic heterocycles. The second-order valence-corrected chi connectivity index (χ2v) is 6.18. The topological polar surface area (TPSA) is 51.8 Å². The molecule has 0 saturated carbocycles. The Balaban J connectivity index is 2.54. The maximum atomic E-state index is 6.03. The average molecular weight is 367 g/mol. The molecule has 0 aliphatic rings. The maximum absolute atomic E-state index is 6.03. The van der Waals surface area contributed by atoms with Crippen LogP contribution in [0.4, 0.5) is 5.82 Å². The zero-order chi connectivity index (χ0) is 14.0. The molecule has 2 N–H and O–H groups in total. The van der Waals surface area contributed by atoms with Crippen LogP contribution in [0.25, 0.3) is 11.4 Å². The van der Waals surface area contributed by atoms with Crippen molar-refractivity contribution in [1.29, 1.82) is 0 Å². The minimum Gasteiger partial charge on any atom is -0.383 e. The summed E-state index contributed by atoms with van der Waals surface area (Å²) < 4.78 is 0.976. The van der Waals surface area contributed by atoms with Gasteiger partial charge in [-0.3, -0.25) is 0 Å². The molecule has 100 valence electrons. The molecule has 0 unspecified atom stereocenters. The van der Waals surface area contributed by atoms with E-state index in [1.165, 1.54) is 5.56 Å². The van der Waals surface area contributed by atoms with Crippen molar-refractivity contribution < 1.29 is 0 Å². The van der Waals surface area contributed by atoms with Crippen LogP contribution < -0.4 is 5.73 Å². The summed E-state index contributed by atoms with van der Waals surface area (Å²) in [4.78, 5) is 9.14. The van der Waals surface area contributed by atoms with Crippen molar-refractivity contribution in [3.05, 3.63) is 39.1 Å². The van der Waals surface area contributed by atoms with Crippen LogP contribution in [-0.2, 0) is 6.42 Å². The maximum Gasteiger partial charge on any atom is 0.162 e. The number of rotatable bonds is 3. The third-order valence-electron chi connectivity index (χ3n) is 2.93. The van der Waals surface area contributed by atoms with E-state index < -0.39 is 0 Å². The predicted octanol–water partition coefficient (Wildman–Crippen LogP) is 3.84. The fraction of sp³-hybridized carbons (Fsp3) is 0.333. The quantitative estimate of drug-likeness (QED) is 0.839. The molecule has 4 heteroatoms. The van der Waals surface area contributed by atoms with E-state index in [2.05, 4.69) is 54.4 Å². The van der Waals surface area contributed by atoms with Crippen LogP contribution in [0.5, 0.6) is 0 Å². The molecule has 1 aromatic carbocycles. The van der Waals surface area contributed by atoms with Gasteiger partial charge in [-0.05, 0) is 47.4 Å². The molecule has 3 nitrogen and oxygen atoms in total. The van der Waals surface area contributed by atoms with Gasteiger partial charge in [-0.1, -0.05) is 38.1 Å². The monoisotopic (exact) mass is 367 g/mol. The molecule has 0 amide bonds. The largest absolute Gasteiger partial charge is 0.383 e. The van der Waals surface area contributed by atoms with E-state index in [0.29, 0.717) is 11.7 Å². The molecule has 0 bridgehead atoms. The number of aryl methyl sites for hydroxylation is 1. The molecular weight excluding hydrogens is 349 g/mol. The molecule has 0 spiro atoms. The average Bonchev–Trinajstić information content (AvgIpc) is 2.35.